The highest BCUT2D eigenvalue weighted by Gasteiger charge is 2.48. The van der Waals surface area contributed by atoms with Crippen LogP contribution in [-0.2, 0) is 19.5 Å². The van der Waals surface area contributed by atoms with Crippen molar-refractivity contribution in [3.63, 3.8) is 0 Å². The van der Waals surface area contributed by atoms with E-state index >= 15 is 0 Å². The summed E-state index contributed by atoms with van der Waals surface area (Å²) in [6.07, 6.45) is 4.22. The lowest BCUT2D eigenvalue weighted by atomic mass is 9.85. The van der Waals surface area contributed by atoms with E-state index in [9.17, 15) is 18.0 Å². The molecule has 2 heterocycles. The maximum Gasteiger partial charge on any atom is 0.418 e. The second-order valence-corrected chi connectivity index (χ2v) is 8.27. The highest BCUT2D eigenvalue weighted by atomic mass is 32.3. The van der Waals surface area contributed by atoms with Gasteiger partial charge in [0.05, 0.1) is 12.1 Å². The third kappa shape index (κ3) is 4.39. The topological polar surface area (TPSA) is 152 Å². The minimum Gasteiger partial charge on any atom is -0.317 e. The Hall–Kier alpha value is -1.76. The first-order chi connectivity index (χ1) is 12.7. The Morgan fingerprint density at radius 1 is 1.30 bits per heavy atom. The van der Waals surface area contributed by atoms with Crippen molar-refractivity contribution in [1.82, 2.24) is 20.6 Å². The summed E-state index contributed by atoms with van der Waals surface area (Å²) in [6.45, 7) is 0.169. The van der Waals surface area contributed by atoms with Crippen LogP contribution in [0.3, 0.4) is 0 Å². The van der Waals surface area contributed by atoms with Crippen molar-refractivity contribution >= 4 is 28.2 Å². The quantitative estimate of drug-likeness (QED) is 0.283. The lowest BCUT2D eigenvalue weighted by Crippen LogP contribution is -2.52. The average molecular weight is 403 g/mol. The smallest absolute Gasteiger partial charge is 0.317 e. The van der Waals surface area contributed by atoms with Gasteiger partial charge >= 0.3 is 16.4 Å². The monoisotopic (exact) mass is 403 g/mol. The molecule has 0 aromatic rings. The lowest BCUT2D eigenvalue weighted by molar-refractivity contribution is -0.124. The molecule has 1 aliphatic carbocycles. The van der Waals surface area contributed by atoms with Crippen LogP contribution in [-0.4, -0.2) is 72.4 Å². The largest absolute Gasteiger partial charge is 0.418 e. The number of hydrogen-bond acceptors (Lipinski definition) is 7. The minimum atomic E-state index is -4.81. The molecule has 27 heavy (non-hydrogen) atoms. The Morgan fingerprint density at radius 2 is 2.04 bits per heavy atom. The SMILES string of the molecule is CNC1CCCC(C(=O)NC(=N)[C@@H]2CC[C@@H]3CN2C(=O)N3OS(=O)(=O)O)C1. The highest BCUT2D eigenvalue weighted by Crippen LogP contribution is 2.31. The molecule has 0 aromatic heterocycles. The van der Waals surface area contributed by atoms with Gasteiger partial charge in [0.15, 0.2) is 0 Å². The summed E-state index contributed by atoms with van der Waals surface area (Å²) < 4.78 is 35.0. The molecular weight excluding hydrogens is 378 g/mol. The maximum absolute atomic E-state index is 12.5. The van der Waals surface area contributed by atoms with Gasteiger partial charge in [0.2, 0.25) is 5.91 Å². The number of amides is 3. The Labute approximate surface area is 157 Å². The van der Waals surface area contributed by atoms with Gasteiger partial charge in [-0.1, -0.05) is 6.42 Å². The summed E-state index contributed by atoms with van der Waals surface area (Å²) in [5.74, 6) is -0.478. The number of nitrogens with zero attached hydrogens (tertiary/aromatic N) is 2. The molecule has 2 saturated heterocycles. The highest BCUT2D eigenvalue weighted by molar-refractivity contribution is 7.80. The maximum atomic E-state index is 12.5. The third-order valence-electron chi connectivity index (χ3n) is 5.54. The number of nitrogens with one attached hydrogen (secondary N) is 3. The van der Waals surface area contributed by atoms with Crippen LogP contribution in [0.5, 0.6) is 0 Å². The minimum absolute atomic E-state index is 0.0768. The van der Waals surface area contributed by atoms with E-state index in [4.69, 9.17) is 9.96 Å². The van der Waals surface area contributed by atoms with E-state index in [2.05, 4.69) is 14.9 Å². The summed E-state index contributed by atoms with van der Waals surface area (Å²) in [5, 5.41) is 14.7. The zero-order chi connectivity index (χ0) is 19.8. The first-order valence-electron chi connectivity index (χ1n) is 9.03. The van der Waals surface area contributed by atoms with Crippen molar-refractivity contribution < 1.29 is 26.8 Å². The fraction of sp³-hybridized carbons (Fsp3) is 0.800. The lowest BCUT2D eigenvalue weighted by Gasteiger charge is -2.32. The second kappa shape index (κ2) is 7.70. The predicted octanol–water partition coefficient (Wildman–Crippen LogP) is -0.139. The molecule has 12 heteroatoms. The van der Waals surface area contributed by atoms with Gasteiger partial charge in [-0.3, -0.25) is 14.8 Å². The molecule has 2 unspecified atom stereocenters. The van der Waals surface area contributed by atoms with Gasteiger partial charge in [-0.05, 0) is 39.2 Å². The molecule has 3 amide bonds. The summed E-state index contributed by atoms with van der Waals surface area (Å²) in [4.78, 5) is 26.2. The van der Waals surface area contributed by atoms with Crippen molar-refractivity contribution in [3.8, 4) is 0 Å². The summed E-state index contributed by atoms with van der Waals surface area (Å²) in [7, 11) is -2.94. The number of rotatable bonds is 5. The normalized spacial score (nSPS) is 31.1. The van der Waals surface area contributed by atoms with Crippen LogP contribution < -0.4 is 10.6 Å². The van der Waals surface area contributed by atoms with Crippen LogP contribution in [0.4, 0.5) is 4.79 Å². The number of fused-ring (bicyclic) bond motifs is 2. The molecule has 1 saturated carbocycles. The first kappa shape index (κ1) is 20.0. The molecule has 4 atom stereocenters. The number of amidine groups is 1. The van der Waals surface area contributed by atoms with Crippen LogP contribution in [0.25, 0.3) is 0 Å². The number of hydroxylamine groups is 2. The molecule has 2 aliphatic heterocycles. The van der Waals surface area contributed by atoms with E-state index < -0.39 is 28.5 Å². The molecule has 3 rings (SSSR count). The second-order valence-electron chi connectivity index (χ2n) is 7.26. The van der Waals surface area contributed by atoms with Gasteiger partial charge in [-0.15, -0.1) is 4.28 Å². The van der Waals surface area contributed by atoms with Gasteiger partial charge in [0.25, 0.3) is 0 Å². The van der Waals surface area contributed by atoms with Crippen LogP contribution in [0.1, 0.15) is 38.5 Å². The van der Waals surface area contributed by atoms with E-state index in [1.165, 1.54) is 4.90 Å². The summed E-state index contributed by atoms with van der Waals surface area (Å²) in [5.41, 5.74) is 0. The number of piperidine rings is 1. The molecule has 0 spiro atoms. The van der Waals surface area contributed by atoms with Crippen molar-refractivity contribution in [2.24, 2.45) is 5.92 Å². The number of carbonyl (C=O) groups excluding carboxylic acids is 2. The summed E-state index contributed by atoms with van der Waals surface area (Å²) in [6, 6.07) is -1.64. The molecule has 3 fully saturated rings. The Kier molecular flexibility index (Phi) is 5.70. The molecule has 11 nitrogen and oxygen atoms in total. The third-order valence-corrected chi connectivity index (χ3v) is 5.89. The van der Waals surface area contributed by atoms with Gasteiger partial charge < -0.3 is 15.5 Å². The molecular formula is C15H25N5O6S. The number of urea groups is 1. The Morgan fingerprint density at radius 3 is 2.70 bits per heavy atom. The van der Waals surface area contributed by atoms with Crippen LogP contribution >= 0.6 is 0 Å². The molecule has 4 N–H and O–H groups in total. The first-order valence-corrected chi connectivity index (χ1v) is 10.4. The standard InChI is InChI=1S/C15H25N5O6S/c1-17-10-4-2-3-9(7-10)14(21)18-13(16)12-6-5-11-8-19(12)15(22)20(11)26-27(23,24)25/h9-12,17H,2-8H2,1H3,(H2,16,18,21)(H,23,24,25)/t9?,10?,11-,12+/m1/s1. The van der Waals surface area contributed by atoms with Gasteiger partial charge in [0, 0.05) is 18.5 Å². The zero-order valence-electron chi connectivity index (χ0n) is 15.1. The average Bonchev–Trinajstić information content (AvgIpc) is 2.85. The molecule has 2 bridgehead atoms. The zero-order valence-corrected chi connectivity index (χ0v) is 15.9. The van der Waals surface area contributed by atoms with E-state index in [-0.39, 0.29) is 30.2 Å². The molecule has 0 aromatic carbocycles. The number of hydrogen-bond donors (Lipinski definition) is 4. The van der Waals surface area contributed by atoms with E-state index in [1.54, 1.807) is 0 Å². The van der Waals surface area contributed by atoms with Gasteiger partial charge in [-0.2, -0.15) is 13.5 Å². The van der Waals surface area contributed by atoms with Crippen molar-refractivity contribution in [1.29, 1.82) is 5.41 Å². The van der Waals surface area contributed by atoms with Crippen molar-refractivity contribution in [2.45, 2.75) is 56.7 Å². The number of carbonyl (C=O) groups is 2. The fourth-order valence-electron chi connectivity index (χ4n) is 4.14. The fourth-order valence-corrected chi connectivity index (χ4v) is 4.53. The van der Waals surface area contributed by atoms with Gasteiger partial charge in [0.1, 0.15) is 5.84 Å². The van der Waals surface area contributed by atoms with Gasteiger partial charge in [-0.25, -0.2) is 4.79 Å². The van der Waals surface area contributed by atoms with Crippen LogP contribution in [0, 0.1) is 11.3 Å². The van der Waals surface area contributed by atoms with Crippen molar-refractivity contribution in [3.05, 3.63) is 0 Å². The van der Waals surface area contributed by atoms with Crippen molar-refractivity contribution in [2.75, 3.05) is 13.6 Å². The summed E-state index contributed by atoms with van der Waals surface area (Å²) >= 11 is 0. The van der Waals surface area contributed by atoms with Crippen LogP contribution in [0.15, 0.2) is 0 Å². The predicted molar refractivity (Wildman–Crippen MR) is 94.1 cm³/mol. The van der Waals surface area contributed by atoms with Crippen LogP contribution in [0.2, 0.25) is 0 Å². The Bertz CT molecular complexity index is 728. The van der Waals surface area contributed by atoms with E-state index in [0.717, 1.165) is 19.3 Å². The van der Waals surface area contributed by atoms with E-state index in [0.29, 0.717) is 24.3 Å². The van der Waals surface area contributed by atoms with E-state index in [1.807, 2.05) is 7.05 Å². The molecule has 0 radical (unpaired) electrons. The Balaban J connectivity index is 1.61. The molecule has 152 valence electrons. The molecule has 3 aliphatic rings.